The Morgan fingerprint density at radius 2 is 2.11 bits per heavy atom. The normalized spacial score (nSPS) is 10.7. The van der Waals surface area contributed by atoms with Gasteiger partial charge in [0, 0.05) is 24.5 Å². The van der Waals surface area contributed by atoms with Gasteiger partial charge in [0.25, 0.3) is 0 Å². The van der Waals surface area contributed by atoms with Gasteiger partial charge in [-0.3, -0.25) is 0 Å². The fourth-order valence-corrected chi connectivity index (χ4v) is 1.57. The average molecular weight is 243 g/mol. The van der Waals surface area contributed by atoms with Crippen LogP contribution in [0.1, 0.15) is 32.4 Å². The number of hydrogen-bond acceptors (Lipinski definition) is 5. The van der Waals surface area contributed by atoms with Gasteiger partial charge in [0.05, 0.1) is 0 Å². The van der Waals surface area contributed by atoms with Gasteiger partial charge >= 0.3 is 0 Å². The van der Waals surface area contributed by atoms with Crippen molar-refractivity contribution in [3.05, 3.63) is 30.4 Å². The predicted octanol–water partition coefficient (Wildman–Crippen LogP) is 2.49. The summed E-state index contributed by atoms with van der Waals surface area (Å²) in [5, 5.41) is 3.22. The lowest BCUT2D eigenvalue weighted by atomic mass is 10.1. The number of nitrogens with one attached hydrogen (secondary N) is 1. The van der Waals surface area contributed by atoms with E-state index in [1.54, 1.807) is 6.20 Å². The Bertz CT molecular complexity index is 510. The summed E-state index contributed by atoms with van der Waals surface area (Å²) < 4.78 is 0. The first-order valence-electron chi connectivity index (χ1n) is 6.10. The Labute approximate surface area is 107 Å². The summed E-state index contributed by atoms with van der Waals surface area (Å²) in [4.78, 5) is 17.1. The highest BCUT2D eigenvalue weighted by molar-refractivity contribution is 5.52. The number of nitrogens with zero attached hydrogens (tertiary/aromatic N) is 4. The van der Waals surface area contributed by atoms with E-state index < -0.39 is 0 Å². The maximum Gasteiger partial charge on any atom is 0.180 e. The highest BCUT2D eigenvalue weighted by atomic mass is 15.0. The van der Waals surface area contributed by atoms with Crippen LogP contribution in [0.2, 0.25) is 0 Å². The van der Waals surface area contributed by atoms with Crippen molar-refractivity contribution in [3.63, 3.8) is 0 Å². The molecule has 2 heterocycles. The van der Waals surface area contributed by atoms with Crippen molar-refractivity contribution >= 4 is 5.82 Å². The van der Waals surface area contributed by atoms with E-state index >= 15 is 0 Å². The molecule has 0 fully saturated rings. The summed E-state index contributed by atoms with van der Waals surface area (Å²) in [7, 11) is 0. The quantitative estimate of drug-likeness (QED) is 0.893. The lowest BCUT2D eigenvalue weighted by molar-refractivity contribution is 0.815. The van der Waals surface area contributed by atoms with Crippen LogP contribution < -0.4 is 5.32 Å². The second-order valence-corrected chi connectivity index (χ2v) is 4.28. The van der Waals surface area contributed by atoms with E-state index in [0.717, 1.165) is 23.8 Å². The number of aromatic nitrogens is 4. The van der Waals surface area contributed by atoms with E-state index in [4.69, 9.17) is 0 Å². The molecule has 0 spiro atoms. The van der Waals surface area contributed by atoms with Crippen LogP contribution in [0.5, 0.6) is 0 Å². The molecule has 0 amide bonds. The molecule has 0 bridgehead atoms. The molecular weight excluding hydrogens is 226 g/mol. The molecule has 0 atom stereocenters. The van der Waals surface area contributed by atoms with Crippen molar-refractivity contribution in [2.45, 2.75) is 26.7 Å². The highest BCUT2D eigenvalue weighted by Crippen LogP contribution is 2.20. The first kappa shape index (κ1) is 12.4. The lowest BCUT2D eigenvalue weighted by Crippen LogP contribution is -2.05. The van der Waals surface area contributed by atoms with Gasteiger partial charge in [-0.2, -0.15) is 0 Å². The fraction of sp³-hybridized carbons (Fsp3) is 0.385. The topological polar surface area (TPSA) is 63.6 Å². The molecular formula is C13H17N5. The van der Waals surface area contributed by atoms with Crippen molar-refractivity contribution < 1.29 is 0 Å². The van der Waals surface area contributed by atoms with Crippen LogP contribution in [0.15, 0.2) is 24.7 Å². The van der Waals surface area contributed by atoms with Crippen molar-refractivity contribution in [2.24, 2.45) is 0 Å². The monoisotopic (exact) mass is 243 g/mol. The minimum absolute atomic E-state index is 0.353. The van der Waals surface area contributed by atoms with E-state index in [1.165, 1.54) is 6.33 Å². The van der Waals surface area contributed by atoms with Crippen LogP contribution in [0.4, 0.5) is 5.82 Å². The molecule has 5 nitrogen and oxygen atoms in total. The van der Waals surface area contributed by atoms with Crippen molar-refractivity contribution in [3.8, 4) is 11.5 Å². The van der Waals surface area contributed by atoms with Gasteiger partial charge in [0.15, 0.2) is 5.82 Å². The molecule has 0 radical (unpaired) electrons. The van der Waals surface area contributed by atoms with Gasteiger partial charge in [0.1, 0.15) is 17.8 Å². The largest absolute Gasteiger partial charge is 0.370 e. The van der Waals surface area contributed by atoms with Crippen LogP contribution in [0, 0.1) is 0 Å². The second-order valence-electron chi connectivity index (χ2n) is 4.28. The van der Waals surface area contributed by atoms with Crippen LogP contribution in [-0.2, 0) is 0 Å². The molecule has 0 aliphatic rings. The summed E-state index contributed by atoms with van der Waals surface area (Å²) >= 11 is 0. The summed E-state index contributed by atoms with van der Waals surface area (Å²) in [6.45, 7) is 7.10. The zero-order valence-corrected chi connectivity index (χ0v) is 10.9. The van der Waals surface area contributed by atoms with Gasteiger partial charge < -0.3 is 5.32 Å². The van der Waals surface area contributed by atoms with E-state index in [-0.39, 0.29) is 0 Å². The molecule has 18 heavy (non-hydrogen) atoms. The van der Waals surface area contributed by atoms with E-state index in [2.05, 4.69) is 39.1 Å². The number of anilines is 1. The summed E-state index contributed by atoms with van der Waals surface area (Å²) in [5.41, 5.74) is 1.75. The lowest BCUT2D eigenvalue weighted by Gasteiger charge is -2.10. The summed E-state index contributed by atoms with van der Waals surface area (Å²) in [5.74, 6) is 1.83. The molecule has 0 unspecified atom stereocenters. The summed E-state index contributed by atoms with van der Waals surface area (Å²) in [6, 6.07) is 3.80. The maximum atomic E-state index is 4.54. The zero-order valence-electron chi connectivity index (χ0n) is 10.9. The van der Waals surface area contributed by atoms with Crippen LogP contribution in [0.3, 0.4) is 0 Å². The van der Waals surface area contributed by atoms with Gasteiger partial charge in [-0.1, -0.05) is 13.8 Å². The Balaban J connectivity index is 2.46. The number of hydrogen-bond donors (Lipinski definition) is 1. The molecule has 0 saturated heterocycles. The molecule has 94 valence electrons. The second kappa shape index (κ2) is 5.53. The molecule has 2 aromatic rings. The molecule has 1 N–H and O–H groups in total. The third-order valence-electron chi connectivity index (χ3n) is 2.51. The smallest absolute Gasteiger partial charge is 0.180 e. The third kappa shape index (κ3) is 2.80. The van der Waals surface area contributed by atoms with E-state index in [1.807, 2.05) is 19.1 Å². The third-order valence-corrected chi connectivity index (χ3v) is 2.51. The van der Waals surface area contributed by atoms with Crippen LogP contribution >= 0.6 is 0 Å². The van der Waals surface area contributed by atoms with Gasteiger partial charge in [-0.15, -0.1) is 0 Å². The van der Waals surface area contributed by atoms with Gasteiger partial charge in [0.2, 0.25) is 0 Å². The molecule has 0 aliphatic heterocycles. The Morgan fingerprint density at radius 3 is 2.72 bits per heavy atom. The fourth-order valence-electron chi connectivity index (χ4n) is 1.57. The van der Waals surface area contributed by atoms with Crippen LogP contribution in [0.25, 0.3) is 11.5 Å². The molecule has 0 aliphatic carbocycles. The molecule has 2 rings (SSSR count). The SMILES string of the molecule is CCNc1cc(C(C)C)nc(-c2ccncn2)n1. The van der Waals surface area contributed by atoms with Gasteiger partial charge in [-0.05, 0) is 18.9 Å². The molecule has 5 heteroatoms. The van der Waals surface area contributed by atoms with Crippen molar-refractivity contribution in [2.75, 3.05) is 11.9 Å². The Hall–Kier alpha value is -2.04. The molecule has 0 aromatic carbocycles. The van der Waals surface area contributed by atoms with Crippen molar-refractivity contribution in [1.29, 1.82) is 0 Å². The highest BCUT2D eigenvalue weighted by Gasteiger charge is 2.09. The van der Waals surface area contributed by atoms with Gasteiger partial charge in [-0.25, -0.2) is 19.9 Å². The van der Waals surface area contributed by atoms with E-state index in [9.17, 15) is 0 Å². The first-order chi connectivity index (χ1) is 8.70. The predicted molar refractivity (Wildman–Crippen MR) is 71.3 cm³/mol. The summed E-state index contributed by atoms with van der Waals surface area (Å²) in [6.07, 6.45) is 3.20. The average Bonchev–Trinajstić information content (AvgIpc) is 2.40. The standard InChI is InChI=1S/C13H17N5/c1-4-15-12-7-11(9(2)3)17-13(18-12)10-5-6-14-8-16-10/h5-9H,4H2,1-3H3,(H,15,17,18). The first-order valence-corrected chi connectivity index (χ1v) is 6.10. The minimum Gasteiger partial charge on any atom is -0.370 e. The van der Waals surface area contributed by atoms with Crippen LogP contribution in [-0.4, -0.2) is 26.5 Å². The number of rotatable bonds is 4. The maximum absolute atomic E-state index is 4.54. The van der Waals surface area contributed by atoms with Crippen molar-refractivity contribution in [1.82, 2.24) is 19.9 Å². The minimum atomic E-state index is 0.353. The Morgan fingerprint density at radius 1 is 1.28 bits per heavy atom. The molecule has 2 aromatic heterocycles. The van der Waals surface area contributed by atoms with E-state index in [0.29, 0.717) is 11.7 Å². The zero-order chi connectivity index (χ0) is 13.0. The molecule has 0 saturated carbocycles. The Kier molecular flexibility index (Phi) is 3.82.